The Morgan fingerprint density at radius 2 is 1.89 bits per heavy atom. The number of halogens is 3. The minimum absolute atomic E-state index is 0. The van der Waals surface area contributed by atoms with Crippen molar-refractivity contribution in [3.8, 4) is 5.75 Å². The first-order valence-corrected chi connectivity index (χ1v) is 8.79. The fourth-order valence-electron chi connectivity index (χ4n) is 2.42. The van der Waals surface area contributed by atoms with Crippen LogP contribution in [0.5, 0.6) is 5.75 Å². The summed E-state index contributed by atoms with van der Waals surface area (Å²) >= 11 is 0. The molecule has 0 unspecified atom stereocenters. The van der Waals surface area contributed by atoms with E-state index in [0.29, 0.717) is 38.0 Å². The molecule has 0 radical (unpaired) electrons. The van der Waals surface area contributed by atoms with Gasteiger partial charge in [-0.2, -0.15) is 0 Å². The Labute approximate surface area is 181 Å². The molecule has 2 aromatic carbocycles. The highest BCUT2D eigenvalue weighted by Crippen LogP contribution is 2.12. The van der Waals surface area contributed by atoms with Gasteiger partial charge in [-0.3, -0.25) is 0 Å². The van der Waals surface area contributed by atoms with Crippen LogP contribution < -0.4 is 10.1 Å². The van der Waals surface area contributed by atoms with E-state index in [1.807, 2.05) is 18.9 Å². The van der Waals surface area contributed by atoms with E-state index in [1.165, 1.54) is 18.2 Å². The van der Waals surface area contributed by atoms with Gasteiger partial charge in [-0.25, -0.2) is 13.8 Å². The Balaban J connectivity index is 0.00000392. The van der Waals surface area contributed by atoms with Crippen molar-refractivity contribution in [1.82, 2.24) is 10.2 Å². The van der Waals surface area contributed by atoms with Crippen molar-refractivity contribution in [1.29, 1.82) is 0 Å². The molecule has 154 valence electrons. The Hall–Kier alpha value is -1.94. The molecule has 0 aromatic heterocycles. The molecular weight excluding hydrogens is 479 g/mol. The number of likely N-dealkylation sites (N-methyl/N-ethyl adjacent to an activating group) is 1. The first-order chi connectivity index (χ1) is 13.0. The normalized spacial score (nSPS) is 11.0. The summed E-state index contributed by atoms with van der Waals surface area (Å²) in [5.74, 6) is 0.572. The van der Waals surface area contributed by atoms with Gasteiger partial charge in [0.15, 0.2) is 5.96 Å². The van der Waals surface area contributed by atoms with Crippen LogP contribution in [0, 0.1) is 11.6 Å². The number of aliphatic hydroxyl groups is 1. The van der Waals surface area contributed by atoms with Gasteiger partial charge >= 0.3 is 0 Å². The number of benzene rings is 2. The summed E-state index contributed by atoms with van der Waals surface area (Å²) in [6.45, 7) is 3.68. The Kier molecular flexibility index (Phi) is 10.8. The van der Waals surface area contributed by atoms with E-state index < -0.39 is 5.82 Å². The molecule has 28 heavy (non-hydrogen) atoms. The molecule has 0 aliphatic carbocycles. The van der Waals surface area contributed by atoms with Gasteiger partial charge in [-0.15, -0.1) is 24.0 Å². The maximum Gasteiger partial charge on any atom is 0.194 e. The molecule has 0 atom stereocenters. The first kappa shape index (κ1) is 24.1. The molecular formula is C20H26F2IN3O2. The lowest BCUT2D eigenvalue weighted by molar-refractivity contribution is 0.275. The molecule has 8 heteroatoms. The second-order valence-electron chi connectivity index (χ2n) is 5.98. The van der Waals surface area contributed by atoms with Crippen molar-refractivity contribution < 1.29 is 18.6 Å². The zero-order chi connectivity index (χ0) is 19.6. The van der Waals surface area contributed by atoms with Gasteiger partial charge in [-0.1, -0.05) is 6.07 Å². The fourth-order valence-corrected chi connectivity index (χ4v) is 2.42. The smallest absolute Gasteiger partial charge is 0.194 e. The van der Waals surface area contributed by atoms with Gasteiger partial charge in [0.05, 0.1) is 19.7 Å². The molecule has 0 aliphatic rings. The third kappa shape index (κ3) is 7.59. The summed E-state index contributed by atoms with van der Waals surface area (Å²) < 4.78 is 32.0. The van der Waals surface area contributed by atoms with Crippen molar-refractivity contribution in [3.05, 3.63) is 65.2 Å². The maximum absolute atomic E-state index is 13.5. The zero-order valence-electron chi connectivity index (χ0n) is 16.0. The van der Waals surface area contributed by atoms with E-state index in [2.05, 4.69) is 10.3 Å². The highest BCUT2D eigenvalue weighted by Gasteiger charge is 2.07. The lowest BCUT2D eigenvalue weighted by atomic mass is 10.1. The number of hydrogen-bond acceptors (Lipinski definition) is 3. The van der Waals surface area contributed by atoms with Crippen LogP contribution in [0.2, 0.25) is 0 Å². The lowest BCUT2D eigenvalue weighted by Crippen LogP contribution is -2.40. The van der Waals surface area contributed by atoms with Gasteiger partial charge in [-0.05, 0) is 48.9 Å². The van der Waals surface area contributed by atoms with Crippen LogP contribution in [-0.4, -0.2) is 42.7 Å². The average molecular weight is 505 g/mol. The molecule has 0 saturated carbocycles. The van der Waals surface area contributed by atoms with Gasteiger partial charge in [0.1, 0.15) is 24.0 Å². The van der Waals surface area contributed by atoms with Gasteiger partial charge in [0.2, 0.25) is 0 Å². The SMILES string of the molecule is CCNC(=NCc1ccc(F)c(CO)c1)N(C)CCOc1ccc(F)cc1.I. The summed E-state index contributed by atoms with van der Waals surface area (Å²) in [4.78, 5) is 6.47. The summed E-state index contributed by atoms with van der Waals surface area (Å²) in [7, 11) is 1.89. The molecule has 0 saturated heterocycles. The number of nitrogens with one attached hydrogen (secondary N) is 1. The molecule has 5 nitrogen and oxygen atoms in total. The van der Waals surface area contributed by atoms with E-state index in [9.17, 15) is 8.78 Å². The summed E-state index contributed by atoms with van der Waals surface area (Å²) in [5.41, 5.74) is 1.07. The molecule has 0 heterocycles. The van der Waals surface area contributed by atoms with Crippen LogP contribution in [0.4, 0.5) is 8.78 Å². The summed E-state index contributed by atoms with van der Waals surface area (Å²) in [5, 5.41) is 12.4. The van der Waals surface area contributed by atoms with E-state index in [1.54, 1.807) is 24.3 Å². The highest BCUT2D eigenvalue weighted by atomic mass is 127. The minimum atomic E-state index is -0.424. The van der Waals surface area contributed by atoms with E-state index in [-0.39, 0.29) is 42.0 Å². The second-order valence-corrected chi connectivity index (χ2v) is 5.98. The summed E-state index contributed by atoms with van der Waals surface area (Å²) in [6, 6.07) is 10.5. The largest absolute Gasteiger partial charge is 0.492 e. The fraction of sp³-hybridized carbons (Fsp3) is 0.350. The van der Waals surface area contributed by atoms with Gasteiger partial charge < -0.3 is 20.1 Å². The average Bonchev–Trinajstić information content (AvgIpc) is 2.67. The number of ether oxygens (including phenoxy) is 1. The molecule has 2 aromatic rings. The predicted molar refractivity (Wildman–Crippen MR) is 117 cm³/mol. The summed E-state index contributed by atoms with van der Waals surface area (Å²) in [6.07, 6.45) is 0. The van der Waals surface area contributed by atoms with E-state index in [0.717, 1.165) is 5.56 Å². The molecule has 2 rings (SSSR count). The molecule has 0 aliphatic heterocycles. The predicted octanol–water partition coefficient (Wildman–Crippen LogP) is 3.55. The van der Waals surface area contributed by atoms with Crippen LogP contribution in [-0.2, 0) is 13.2 Å². The standard InChI is InChI=1S/C20H25F2N3O2.HI/c1-3-23-20(24-13-15-4-9-19(22)16(12-15)14-26)25(2)10-11-27-18-7-5-17(21)6-8-18;/h4-9,12,26H,3,10-11,13-14H2,1-2H3,(H,23,24);1H. The van der Waals surface area contributed by atoms with Crippen LogP contribution in [0.3, 0.4) is 0 Å². The van der Waals surface area contributed by atoms with Crippen molar-refractivity contribution in [2.24, 2.45) is 4.99 Å². The van der Waals surface area contributed by atoms with Crippen molar-refractivity contribution in [2.75, 3.05) is 26.7 Å². The van der Waals surface area contributed by atoms with E-state index >= 15 is 0 Å². The van der Waals surface area contributed by atoms with Crippen LogP contribution >= 0.6 is 24.0 Å². The van der Waals surface area contributed by atoms with Crippen molar-refractivity contribution in [3.63, 3.8) is 0 Å². The van der Waals surface area contributed by atoms with Gasteiger partial charge in [0, 0.05) is 19.2 Å². The van der Waals surface area contributed by atoms with Gasteiger partial charge in [0.25, 0.3) is 0 Å². The van der Waals surface area contributed by atoms with Crippen LogP contribution in [0.1, 0.15) is 18.1 Å². The maximum atomic E-state index is 13.5. The Morgan fingerprint density at radius 3 is 2.54 bits per heavy atom. The molecule has 0 bridgehead atoms. The first-order valence-electron chi connectivity index (χ1n) is 8.79. The third-order valence-corrected chi connectivity index (χ3v) is 3.90. The van der Waals surface area contributed by atoms with Crippen molar-refractivity contribution >= 4 is 29.9 Å². The van der Waals surface area contributed by atoms with Crippen LogP contribution in [0.15, 0.2) is 47.5 Å². The van der Waals surface area contributed by atoms with Crippen molar-refractivity contribution in [2.45, 2.75) is 20.1 Å². The Morgan fingerprint density at radius 1 is 1.18 bits per heavy atom. The number of rotatable bonds is 8. The number of aliphatic hydroxyl groups excluding tert-OH is 1. The zero-order valence-corrected chi connectivity index (χ0v) is 18.3. The molecule has 0 fully saturated rings. The minimum Gasteiger partial charge on any atom is -0.492 e. The quantitative estimate of drug-likeness (QED) is 0.328. The van der Waals surface area contributed by atoms with Crippen LogP contribution in [0.25, 0.3) is 0 Å². The third-order valence-electron chi connectivity index (χ3n) is 3.90. The molecule has 2 N–H and O–H groups in total. The highest BCUT2D eigenvalue weighted by molar-refractivity contribution is 14.0. The van der Waals surface area contributed by atoms with E-state index in [4.69, 9.17) is 9.84 Å². The second kappa shape index (κ2) is 12.5. The number of hydrogen-bond donors (Lipinski definition) is 2. The number of nitrogens with zero attached hydrogens (tertiary/aromatic N) is 2. The topological polar surface area (TPSA) is 57.1 Å². The Bertz CT molecular complexity index is 758. The number of aliphatic imine (C=N–C) groups is 1. The number of guanidine groups is 1. The molecule has 0 amide bonds. The lowest BCUT2D eigenvalue weighted by Gasteiger charge is -2.22. The molecule has 0 spiro atoms. The monoisotopic (exact) mass is 505 g/mol.